The van der Waals surface area contributed by atoms with Gasteiger partial charge >= 0.3 is 0 Å². The molecule has 1 aromatic heterocycles. The summed E-state index contributed by atoms with van der Waals surface area (Å²) in [6.45, 7) is 5.07. The summed E-state index contributed by atoms with van der Waals surface area (Å²) in [5, 5.41) is 3.41. The quantitative estimate of drug-likeness (QED) is 0.869. The fourth-order valence-electron chi connectivity index (χ4n) is 2.58. The first-order chi connectivity index (χ1) is 9.69. The maximum Gasteiger partial charge on any atom is 0.127 e. The Labute approximate surface area is 121 Å². The number of nitrogens with one attached hydrogen (secondary N) is 1. The number of pyridine rings is 1. The number of rotatable bonds is 6. The van der Waals surface area contributed by atoms with Crippen LogP contribution in [0.2, 0.25) is 0 Å². The molecule has 0 aliphatic heterocycles. The van der Waals surface area contributed by atoms with Gasteiger partial charge in [-0.15, -0.1) is 0 Å². The van der Waals surface area contributed by atoms with Gasteiger partial charge < -0.3 is 14.8 Å². The van der Waals surface area contributed by atoms with Crippen LogP contribution in [0.15, 0.2) is 18.5 Å². The summed E-state index contributed by atoms with van der Waals surface area (Å²) in [6.07, 6.45) is 8.70. The minimum atomic E-state index is 0.258. The standard InChI is InChI=1S/C16H26N2O2/c1-12(2)18-11-13-10-17-8-7-16(13)20-15-6-4-5-14(9-15)19-3/h7-8,10,12,14-15,18H,4-6,9,11H2,1-3H3. The van der Waals surface area contributed by atoms with Crippen LogP contribution in [0.1, 0.15) is 45.1 Å². The van der Waals surface area contributed by atoms with E-state index in [-0.39, 0.29) is 6.10 Å². The molecule has 1 fully saturated rings. The molecule has 0 bridgehead atoms. The highest BCUT2D eigenvalue weighted by atomic mass is 16.5. The van der Waals surface area contributed by atoms with Gasteiger partial charge in [0.1, 0.15) is 11.9 Å². The lowest BCUT2D eigenvalue weighted by atomic mass is 9.95. The third-order valence-electron chi connectivity index (χ3n) is 3.76. The summed E-state index contributed by atoms with van der Waals surface area (Å²) < 4.78 is 11.7. The normalized spacial score (nSPS) is 23.0. The van der Waals surface area contributed by atoms with E-state index in [4.69, 9.17) is 9.47 Å². The van der Waals surface area contributed by atoms with Gasteiger partial charge in [0.05, 0.1) is 6.10 Å². The fourth-order valence-corrected chi connectivity index (χ4v) is 2.58. The van der Waals surface area contributed by atoms with Gasteiger partial charge in [-0.3, -0.25) is 4.98 Å². The van der Waals surface area contributed by atoms with Gasteiger partial charge in [-0.25, -0.2) is 0 Å². The van der Waals surface area contributed by atoms with Crippen LogP contribution >= 0.6 is 0 Å². The maximum absolute atomic E-state index is 6.19. The molecule has 1 aliphatic rings. The molecule has 1 aliphatic carbocycles. The second-order valence-electron chi connectivity index (χ2n) is 5.78. The topological polar surface area (TPSA) is 43.4 Å². The van der Waals surface area contributed by atoms with Crippen LogP contribution in [-0.4, -0.2) is 30.3 Å². The molecule has 2 atom stereocenters. The molecule has 0 saturated heterocycles. The number of aromatic nitrogens is 1. The van der Waals surface area contributed by atoms with Gasteiger partial charge in [0.25, 0.3) is 0 Å². The first-order valence-corrected chi connectivity index (χ1v) is 7.54. The van der Waals surface area contributed by atoms with Crippen molar-refractivity contribution in [2.75, 3.05) is 7.11 Å². The third-order valence-corrected chi connectivity index (χ3v) is 3.76. The van der Waals surface area contributed by atoms with E-state index in [9.17, 15) is 0 Å². The van der Waals surface area contributed by atoms with Crippen LogP contribution in [0.5, 0.6) is 5.75 Å². The van der Waals surface area contributed by atoms with Crippen molar-refractivity contribution in [1.29, 1.82) is 0 Å². The molecule has 20 heavy (non-hydrogen) atoms. The Morgan fingerprint density at radius 3 is 2.90 bits per heavy atom. The summed E-state index contributed by atoms with van der Waals surface area (Å²) >= 11 is 0. The molecular weight excluding hydrogens is 252 g/mol. The fraction of sp³-hybridized carbons (Fsp3) is 0.688. The Bertz CT molecular complexity index is 409. The van der Waals surface area contributed by atoms with Gasteiger partial charge in [0, 0.05) is 44.1 Å². The predicted molar refractivity (Wildman–Crippen MR) is 79.9 cm³/mol. The molecule has 2 unspecified atom stereocenters. The number of ether oxygens (including phenoxy) is 2. The van der Waals surface area contributed by atoms with E-state index in [2.05, 4.69) is 24.1 Å². The Balaban J connectivity index is 1.97. The van der Waals surface area contributed by atoms with E-state index >= 15 is 0 Å². The van der Waals surface area contributed by atoms with E-state index in [1.165, 1.54) is 6.42 Å². The molecule has 0 amide bonds. The molecule has 4 nitrogen and oxygen atoms in total. The highest BCUT2D eigenvalue weighted by Gasteiger charge is 2.23. The summed E-state index contributed by atoms with van der Waals surface area (Å²) in [5.74, 6) is 0.954. The van der Waals surface area contributed by atoms with Crippen molar-refractivity contribution in [3.8, 4) is 5.75 Å². The van der Waals surface area contributed by atoms with Crippen molar-refractivity contribution < 1.29 is 9.47 Å². The summed E-state index contributed by atoms with van der Waals surface area (Å²) in [6, 6.07) is 2.42. The predicted octanol–water partition coefficient (Wildman–Crippen LogP) is 2.92. The van der Waals surface area contributed by atoms with Crippen molar-refractivity contribution in [3.05, 3.63) is 24.0 Å². The highest BCUT2D eigenvalue weighted by molar-refractivity contribution is 5.30. The van der Waals surface area contributed by atoms with Gasteiger partial charge in [-0.05, 0) is 25.3 Å². The number of hydrogen-bond acceptors (Lipinski definition) is 4. The Morgan fingerprint density at radius 2 is 2.15 bits per heavy atom. The average Bonchev–Trinajstić information content (AvgIpc) is 2.46. The molecule has 2 rings (SSSR count). The zero-order chi connectivity index (χ0) is 14.4. The monoisotopic (exact) mass is 278 g/mol. The summed E-state index contributed by atoms with van der Waals surface area (Å²) in [5.41, 5.74) is 1.13. The van der Waals surface area contributed by atoms with Crippen LogP contribution in [0.25, 0.3) is 0 Å². The van der Waals surface area contributed by atoms with Crippen molar-refractivity contribution in [1.82, 2.24) is 10.3 Å². The van der Waals surface area contributed by atoms with Gasteiger partial charge in [0.15, 0.2) is 0 Å². The van der Waals surface area contributed by atoms with Crippen LogP contribution in [0.4, 0.5) is 0 Å². The van der Waals surface area contributed by atoms with Gasteiger partial charge in [-0.1, -0.05) is 13.8 Å². The highest BCUT2D eigenvalue weighted by Crippen LogP contribution is 2.26. The second-order valence-corrected chi connectivity index (χ2v) is 5.78. The van der Waals surface area contributed by atoms with E-state index < -0.39 is 0 Å². The Hall–Kier alpha value is -1.13. The van der Waals surface area contributed by atoms with E-state index in [0.717, 1.165) is 37.1 Å². The molecule has 1 aromatic rings. The summed E-state index contributed by atoms with van der Waals surface area (Å²) in [4.78, 5) is 4.20. The lowest BCUT2D eigenvalue weighted by Gasteiger charge is -2.29. The minimum absolute atomic E-state index is 0.258. The second kappa shape index (κ2) is 7.60. The molecular formula is C16H26N2O2. The largest absolute Gasteiger partial charge is 0.490 e. The number of hydrogen-bond donors (Lipinski definition) is 1. The third kappa shape index (κ3) is 4.46. The van der Waals surface area contributed by atoms with Crippen molar-refractivity contribution in [2.24, 2.45) is 0 Å². The zero-order valence-electron chi connectivity index (χ0n) is 12.8. The van der Waals surface area contributed by atoms with Gasteiger partial charge in [-0.2, -0.15) is 0 Å². The molecule has 112 valence electrons. The molecule has 0 spiro atoms. The first-order valence-electron chi connectivity index (χ1n) is 7.54. The van der Waals surface area contributed by atoms with Crippen LogP contribution < -0.4 is 10.1 Å². The van der Waals surface area contributed by atoms with Crippen LogP contribution in [-0.2, 0) is 11.3 Å². The van der Waals surface area contributed by atoms with Crippen molar-refractivity contribution in [3.63, 3.8) is 0 Å². The van der Waals surface area contributed by atoms with Crippen molar-refractivity contribution in [2.45, 2.75) is 64.3 Å². The molecule has 1 saturated carbocycles. The molecule has 0 aromatic carbocycles. The molecule has 0 radical (unpaired) electrons. The molecule has 1 N–H and O–H groups in total. The van der Waals surface area contributed by atoms with E-state index in [1.807, 2.05) is 12.3 Å². The van der Waals surface area contributed by atoms with Gasteiger partial charge in [0.2, 0.25) is 0 Å². The Morgan fingerprint density at radius 1 is 1.35 bits per heavy atom. The molecule has 4 heteroatoms. The van der Waals surface area contributed by atoms with E-state index in [1.54, 1.807) is 13.3 Å². The maximum atomic E-state index is 6.19. The smallest absolute Gasteiger partial charge is 0.127 e. The number of nitrogens with zero attached hydrogens (tertiary/aromatic N) is 1. The minimum Gasteiger partial charge on any atom is -0.490 e. The average molecular weight is 278 g/mol. The SMILES string of the molecule is COC1CCCC(Oc2ccncc2CNC(C)C)C1. The summed E-state index contributed by atoms with van der Waals surface area (Å²) in [7, 11) is 1.79. The van der Waals surface area contributed by atoms with Crippen molar-refractivity contribution >= 4 is 0 Å². The Kier molecular flexibility index (Phi) is 5.80. The van der Waals surface area contributed by atoms with Crippen LogP contribution in [0, 0.1) is 0 Å². The molecule has 1 heterocycles. The first kappa shape index (κ1) is 15.3. The lowest BCUT2D eigenvalue weighted by molar-refractivity contribution is 0.0206. The zero-order valence-corrected chi connectivity index (χ0v) is 12.8. The lowest BCUT2D eigenvalue weighted by Crippen LogP contribution is -2.30. The van der Waals surface area contributed by atoms with Crippen LogP contribution in [0.3, 0.4) is 0 Å². The van der Waals surface area contributed by atoms with E-state index in [0.29, 0.717) is 12.1 Å². The number of methoxy groups -OCH3 is 1.